The number of benzene rings is 2. The number of hydrogen-bond donors (Lipinski definition) is 0. The molecule has 3 fully saturated rings. The Kier molecular flexibility index (Phi) is 5.11. The minimum absolute atomic E-state index is 0.0561. The largest absolute Gasteiger partial charge is 0.368 e. The van der Waals surface area contributed by atoms with Crippen molar-refractivity contribution in [2.45, 2.75) is 69.9 Å². The molecule has 0 aromatic heterocycles. The number of ether oxygens (including phenoxy) is 4. The number of hydrogen-bond acceptors (Lipinski definition) is 5. The quantitative estimate of drug-likeness (QED) is 0.686. The van der Waals surface area contributed by atoms with Crippen molar-refractivity contribution >= 4 is 5.91 Å². The maximum absolute atomic E-state index is 12.4. The van der Waals surface area contributed by atoms with E-state index in [0.29, 0.717) is 19.6 Å². The number of carbonyl (C=O) groups excluding carboxylic acids is 1. The summed E-state index contributed by atoms with van der Waals surface area (Å²) in [6.07, 6.45) is -0.955. The zero-order valence-electron chi connectivity index (χ0n) is 17.3. The molecule has 6 heteroatoms. The van der Waals surface area contributed by atoms with Crippen molar-refractivity contribution in [1.29, 1.82) is 0 Å². The summed E-state index contributed by atoms with van der Waals surface area (Å²) >= 11 is 0. The molecule has 5 rings (SSSR count). The molecule has 0 unspecified atom stereocenters. The maximum atomic E-state index is 12.4. The fraction of sp³-hybridized carbons (Fsp3) is 0.458. The highest BCUT2D eigenvalue weighted by molar-refractivity contribution is 5.83. The molecule has 0 N–H and O–H groups in total. The second-order valence-corrected chi connectivity index (χ2v) is 8.61. The molecule has 0 saturated carbocycles. The van der Waals surface area contributed by atoms with Crippen molar-refractivity contribution in [2.24, 2.45) is 0 Å². The molecule has 3 heterocycles. The Bertz CT molecular complexity index is 887. The van der Waals surface area contributed by atoms with Crippen molar-refractivity contribution in [2.75, 3.05) is 0 Å². The van der Waals surface area contributed by atoms with Crippen LogP contribution < -0.4 is 0 Å². The molecule has 30 heavy (non-hydrogen) atoms. The fourth-order valence-electron chi connectivity index (χ4n) is 4.53. The Labute approximate surface area is 176 Å². The topological polar surface area (TPSA) is 57.2 Å². The lowest BCUT2D eigenvalue weighted by atomic mass is 9.91. The average Bonchev–Trinajstić information content (AvgIpc) is 3.21. The minimum Gasteiger partial charge on any atom is -0.368 e. The van der Waals surface area contributed by atoms with Gasteiger partial charge >= 0.3 is 0 Å². The van der Waals surface area contributed by atoms with E-state index in [2.05, 4.69) is 0 Å². The molecule has 0 aliphatic carbocycles. The first kappa shape index (κ1) is 19.7. The summed E-state index contributed by atoms with van der Waals surface area (Å²) in [5.41, 5.74) is 2.19. The Balaban J connectivity index is 1.34. The molecule has 3 aliphatic rings. The number of carbonyl (C=O) groups is 1. The summed E-state index contributed by atoms with van der Waals surface area (Å²) in [5, 5.41) is 0. The van der Waals surface area contributed by atoms with E-state index >= 15 is 0 Å². The van der Waals surface area contributed by atoms with Gasteiger partial charge in [0.1, 0.15) is 18.3 Å². The lowest BCUT2D eigenvalue weighted by molar-refractivity contribution is -0.231. The van der Waals surface area contributed by atoms with Gasteiger partial charge in [-0.1, -0.05) is 60.7 Å². The standard InChI is InChI=1S/C24H27NO5/c1-24(2)29-22-21(27-15-17-11-7-4-8-12-17)20(28-23(22)30-24)18-13-19(26)25(18)14-16-9-5-3-6-10-16/h3-12,18,20-23H,13-15H2,1-2H3/t18-,20-,21+,22-,23-/m1/s1. The zero-order valence-corrected chi connectivity index (χ0v) is 17.3. The second-order valence-electron chi connectivity index (χ2n) is 8.61. The van der Waals surface area contributed by atoms with Crippen LogP contribution in [0.1, 0.15) is 31.4 Å². The summed E-state index contributed by atoms with van der Waals surface area (Å²) in [4.78, 5) is 14.3. The summed E-state index contributed by atoms with van der Waals surface area (Å²) in [7, 11) is 0. The number of likely N-dealkylation sites (tertiary alicyclic amines) is 1. The third kappa shape index (κ3) is 3.76. The molecule has 0 radical (unpaired) electrons. The van der Waals surface area contributed by atoms with E-state index in [1.165, 1.54) is 0 Å². The summed E-state index contributed by atoms with van der Waals surface area (Å²) in [5.74, 6) is -0.582. The van der Waals surface area contributed by atoms with Gasteiger partial charge in [0, 0.05) is 13.0 Å². The van der Waals surface area contributed by atoms with Crippen molar-refractivity contribution in [3.05, 3.63) is 71.8 Å². The van der Waals surface area contributed by atoms with Gasteiger partial charge in [-0.3, -0.25) is 4.79 Å². The number of amides is 1. The fourth-order valence-corrected chi connectivity index (χ4v) is 4.53. The summed E-state index contributed by atoms with van der Waals surface area (Å²) in [6.45, 7) is 4.79. The first-order valence-corrected chi connectivity index (χ1v) is 10.5. The molecule has 1 amide bonds. The first-order valence-electron chi connectivity index (χ1n) is 10.5. The van der Waals surface area contributed by atoms with E-state index in [-0.39, 0.29) is 30.3 Å². The predicted octanol–water partition coefficient (Wildman–Crippen LogP) is 3.25. The number of rotatable bonds is 6. The van der Waals surface area contributed by atoms with Crippen molar-refractivity contribution in [3.63, 3.8) is 0 Å². The van der Waals surface area contributed by atoms with E-state index < -0.39 is 12.1 Å². The second kappa shape index (κ2) is 7.78. The Morgan fingerprint density at radius 2 is 1.63 bits per heavy atom. The monoisotopic (exact) mass is 409 g/mol. The molecule has 3 aliphatic heterocycles. The minimum atomic E-state index is -0.714. The number of nitrogens with zero attached hydrogens (tertiary/aromatic N) is 1. The van der Waals surface area contributed by atoms with E-state index in [4.69, 9.17) is 18.9 Å². The van der Waals surface area contributed by atoms with Gasteiger partial charge in [-0.2, -0.15) is 0 Å². The third-order valence-electron chi connectivity index (χ3n) is 5.99. The zero-order chi connectivity index (χ0) is 20.7. The van der Waals surface area contributed by atoms with Crippen LogP contribution in [0.4, 0.5) is 0 Å². The van der Waals surface area contributed by atoms with Crippen molar-refractivity contribution in [1.82, 2.24) is 4.90 Å². The molecule has 3 saturated heterocycles. The van der Waals surface area contributed by atoms with Crippen LogP contribution in [-0.2, 0) is 36.9 Å². The molecule has 2 aromatic rings. The van der Waals surface area contributed by atoms with Crippen LogP contribution in [0.25, 0.3) is 0 Å². The van der Waals surface area contributed by atoms with Gasteiger partial charge in [-0.25, -0.2) is 0 Å². The number of β-lactam (4-membered cyclic amide) rings is 1. The van der Waals surface area contributed by atoms with Gasteiger partial charge in [0.2, 0.25) is 5.91 Å². The van der Waals surface area contributed by atoms with Gasteiger partial charge in [0.05, 0.1) is 12.6 Å². The highest BCUT2D eigenvalue weighted by atomic mass is 16.8. The molecule has 2 aromatic carbocycles. The van der Waals surface area contributed by atoms with Gasteiger partial charge in [0.15, 0.2) is 12.1 Å². The van der Waals surface area contributed by atoms with Gasteiger partial charge in [0.25, 0.3) is 0 Å². The van der Waals surface area contributed by atoms with E-state index in [9.17, 15) is 4.79 Å². The lowest BCUT2D eigenvalue weighted by Gasteiger charge is -2.45. The summed E-state index contributed by atoms with van der Waals surface area (Å²) in [6, 6.07) is 20.0. The Hall–Kier alpha value is -2.25. The van der Waals surface area contributed by atoms with Crippen LogP contribution in [0.15, 0.2) is 60.7 Å². The average molecular weight is 409 g/mol. The molecular formula is C24H27NO5. The number of fused-ring (bicyclic) bond motifs is 1. The summed E-state index contributed by atoms with van der Waals surface area (Å²) < 4.78 is 24.7. The molecule has 0 bridgehead atoms. The predicted molar refractivity (Wildman–Crippen MR) is 109 cm³/mol. The molecule has 0 spiro atoms. The third-order valence-corrected chi connectivity index (χ3v) is 5.99. The lowest BCUT2D eigenvalue weighted by Crippen LogP contribution is -2.60. The van der Waals surface area contributed by atoms with Gasteiger partial charge < -0.3 is 23.8 Å². The van der Waals surface area contributed by atoms with E-state index in [0.717, 1.165) is 11.1 Å². The Morgan fingerprint density at radius 1 is 0.967 bits per heavy atom. The van der Waals surface area contributed by atoms with Crippen molar-refractivity contribution in [3.8, 4) is 0 Å². The smallest absolute Gasteiger partial charge is 0.225 e. The van der Waals surface area contributed by atoms with Gasteiger partial charge in [-0.15, -0.1) is 0 Å². The molecule has 158 valence electrons. The van der Waals surface area contributed by atoms with Gasteiger partial charge in [-0.05, 0) is 25.0 Å². The van der Waals surface area contributed by atoms with Crippen molar-refractivity contribution < 1.29 is 23.7 Å². The maximum Gasteiger partial charge on any atom is 0.225 e. The van der Waals surface area contributed by atoms with Crippen LogP contribution in [0.3, 0.4) is 0 Å². The van der Waals surface area contributed by atoms with Crippen LogP contribution in [0, 0.1) is 0 Å². The van der Waals surface area contributed by atoms with Crippen LogP contribution >= 0.6 is 0 Å². The van der Waals surface area contributed by atoms with E-state index in [1.807, 2.05) is 79.4 Å². The normalized spacial score (nSPS) is 32.1. The Morgan fingerprint density at radius 3 is 2.30 bits per heavy atom. The highest BCUT2D eigenvalue weighted by Crippen LogP contribution is 2.43. The molecule has 6 nitrogen and oxygen atoms in total. The SMILES string of the molecule is CC1(C)O[C@H]2O[C@H]([C@H]3CC(=O)N3Cc3ccccc3)[C@H](OCc3ccccc3)[C@H]2O1. The highest BCUT2D eigenvalue weighted by Gasteiger charge is 2.60. The van der Waals surface area contributed by atoms with Crippen LogP contribution in [0.5, 0.6) is 0 Å². The van der Waals surface area contributed by atoms with Crippen LogP contribution in [-0.4, -0.2) is 47.2 Å². The van der Waals surface area contributed by atoms with E-state index in [1.54, 1.807) is 0 Å². The molecule has 5 atom stereocenters. The molecular weight excluding hydrogens is 382 g/mol. The van der Waals surface area contributed by atoms with Crippen LogP contribution in [0.2, 0.25) is 0 Å². The first-order chi connectivity index (χ1) is 14.5.